The normalized spacial score (nSPS) is 14.3. The zero-order valence-corrected chi connectivity index (χ0v) is 10.0. The van der Waals surface area contributed by atoms with Crippen molar-refractivity contribution in [3.05, 3.63) is 12.5 Å². The first-order valence-electron chi connectivity index (χ1n) is 4.78. The van der Waals surface area contributed by atoms with E-state index in [0.717, 1.165) is 11.8 Å². The summed E-state index contributed by atoms with van der Waals surface area (Å²) in [6.07, 6.45) is 3.28. The number of hydrogen-bond acceptors (Lipinski definition) is 4. The Morgan fingerprint density at radius 3 is 2.79 bits per heavy atom. The summed E-state index contributed by atoms with van der Waals surface area (Å²) in [6, 6.07) is 0. The Kier molecular flexibility index (Phi) is 4.01. The molecule has 1 rings (SSSR count). The van der Waals surface area contributed by atoms with Gasteiger partial charge >= 0.3 is 0 Å². The highest BCUT2D eigenvalue weighted by Crippen LogP contribution is 2.20. The monoisotopic (exact) mass is 214 g/mol. The summed E-state index contributed by atoms with van der Waals surface area (Å²) in [7, 11) is 0. The van der Waals surface area contributed by atoms with E-state index in [1.54, 1.807) is 24.2 Å². The number of oxazole rings is 1. The summed E-state index contributed by atoms with van der Waals surface area (Å²) < 4.78 is 5.16. The summed E-state index contributed by atoms with van der Waals surface area (Å²) in [5.74, 6) is 0. The smallest absolute Gasteiger partial charge is 0.255 e. The average molecular weight is 214 g/mol. The minimum absolute atomic E-state index is 0.172. The fourth-order valence-corrected chi connectivity index (χ4v) is 1.68. The third-order valence-electron chi connectivity index (χ3n) is 1.63. The number of nitrogens with zero attached hydrogens (tertiary/aromatic N) is 1. The van der Waals surface area contributed by atoms with E-state index in [9.17, 15) is 0 Å². The van der Waals surface area contributed by atoms with Crippen LogP contribution in [0.2, 0.25) is 0 Å². The fourth-order valence-electron chi connectivity index (χ4n) is 0.932. The molecule has 80 valence electrons. The number of thioether (sulfide) groups is 1. The maximum Gasteiger partial charge on any atom is 0.255 e. The highest BCUT2D eigenvalue weighted by molar-refractivity contribution is 7.99. The quantitative estimate of drug-likeness (QED) is 0.782. The lowest BCUT2D eigenvalue weighted by atomic mass is 10.1. The molecule has 0 amide bonds. The molecule has 0 aromatic carbocycles. The van der Waals surface area contributed by atoms with Gasteiger partial charge in [-0.2, -0.15) is 0 Å². The summed E-state index contributed by atoms with van der Waals surface area (Å²) in [5, 5.41) is 4.65. The maximum atomic E-state index is 5.16. The molecule has 1 aromatic heterocycles. The van der Waals surface area contributed by atoms with Crippen molar-refractivity contribution in [2.24, 2.45) is 0 Å². The van der Waals surface area contributed by atoms with Crippen molar-refractivity contribution in [3.8, 4) is 0 Å². The van der Waals surface area contributed by atoms with Crippen LogP contribution in [0.15, 0.2) is 22.1 Å². The minimum atomic E-state index is 0.172. The molecular formula is C10H18N2OS. The highest BCUT2D eigenvalue weighted by atomic mass is 32.2. The van der Waals surface area contributed by atoms with Crippen LogP contribution in [-0.2, 0) is 0 Å². The van der Waals surface area contributed by atoms with Crippen molar-refractivity contribution >= 4 is 11.8 Å². The molecular weight excluding hydrogens is 196 g/mol. The second-order valence-corrected chi connectivity index (χ2v) is 5.75. The number of rotatable bonds is 4. The van der Waals surface area contributed by atoms with Crippen LogP contribution in [0, 0.1) is 0 Å². The molecule has 1 atom stereocenters. The zero-order valence-electron chi connectivity index (χ0n) is 9.20. The topological polar surface area (TPSA) is 38.1 Å². The van der Waals surface area contributed by atoms with E-state index >= 15 is 0 Å². The SMILES string of the molecule is CC(CNC(C)(C)C)Sc1ncco1. The summed E-state index contributed by atoms with van der Waals surface area (Å²) in [6.45, 7) is 9.60. The van der Waals surface area contributed by atoms with E-state index in [1.165, 1.54) is 0 Å². The Bertz CT molecular complexity index is 254. The van der Waals surface area contributed by atoms with Crippen LogP contribution in [0.3, 0.4) is 0 Å². The van der Waals surface area contributed by atoms with Crippen LogP contribution in [0.5, 0.6) is 0 Å². The van der Waals surface area contributed by atoms with Crippen molar-refractivity contribution in [3.63, 3.8) is 0 Å². The van der Waals surface area contributed by atoms with Gasteiger partial charge in [0.05, 0.1) is 6.20 Å². The molecule has 0 saturated heterocycles. The molecule has 0 aliphatic rings. The molecule has 4 heteroatoms. The number of aromatic nitrogens is 1. The van der Waals surface area contributed by atoms with Gasteiger partial charge in [0.1, 0.15) is 6.26 Å². The van der Waals surface area contributed by atoms with Gasteiger partial charge in [-0.25, -0.2) is 4.98 Å². The van der Waals surface area contributed by atoms with Crippen molar-refractivity contribution in [1.82, 2.24) is 10.3 Å². The Labute approximate surface area is 89.7 Å². The second-order valence-electron chi connectivity index (χ2n) is 4.36. The van der Waals surface area contributed by atoms with Gasteiger partial charge in [0.2, 0.25) is 0 Å². The van der Waals surface area contributed by atoms with Crippen molar-refractivity contribution in [1.29, 1.82) is 0 Å². The molecule has 0 bridgehead atoms. The van der Waals surface area contributed by atoms with Gasteiger partial charge in [-0.15, -0.1) is 0 Å². The summed E-state index contributed by atoms with van der Waals surface area (Å²) >= 11 is 1.65. The summed E-state index contributed by atoms with van der Waals surface area (Å²) in [5.41, 5.74) is 0.172. The van der Waals surface area contributed by atoms with Crippen molar-refractivity contribution in [2.75, 3.05) is 6.54 Å². The van der Waals surface area contributed by atoms with E-state index in [1.807, 2.05) is 0 Å². The van der Waals surface area contributed by atoms with Gasteiger partial charge in [0.25, 0.3) is 5.22 Å². The zero-order chi connectivity index (χ0) is 10.6. The van der Waals surface area contributed by atoms with Gasteiger partial charge in [-0.1, -0.05) is 18.7 Å². The molecule has 3 nitrogen and oxygen atoms in total. The Balaban J connectivity index is 2.26. The second kappa shape index (κ2) is 4.84. The van der Waals surface area contributed by atoms with Crippen LogP contribution >= 0.6 is 11.8 Å². The Hall–Kier alpha value is -0.480. The van der Waals surface area contributed by atoms with Gasteiger partial charge in [0, 0.05) is 17.3 Å². The lowest BCUT2D eigenvalue weighted by Gasteiger charge is -2.22. The van der Waals surface area contributed by atoms with Crippen molar-refractivity contribution < 1.29 is 4.42 Å². The predicted molar refractivity (Wildman–Crippen MR) is 59.6 cm³/mol. The summed E-state index contributed by atoms with van der Waals surface area (Å²) in [4.78, 5) is 4.07. The minimum Gasteiger partial charge on any atom is -0.440 e. The third-order valence-corrected chi connectivity index (χ3v) is 2.60. The van der Waals surface area contributed by atoms with Crippen LogP contribution in [-0.4, -0.2) is 22.3 Å². The lowest BCUT2D eigenvalue weighted by molar-refractivity contribution is 0.425. The molecule has 0 spiro atoms. The molecule has 0 fully saturated rings. The molecule has 1 unspecified atom stereocenters. The van der Waals surface area contributed by atoms with Crippen molar-refractivity contribution in [2.45, 2.75) is 43.7 Å². The van der Waals surface area contributed by atoms with E-state index in [2.05, 4.69) is 38.0 Å². The van der Waals surface area contributed by atoms with E-state index in [0.29, 0.717) is 5.25 Å². The van der Waals surface area contributed by atoms with Crippen LogP contribution < -0.4 is 5.32 Å². The maximum absolute atomic E-state index is 5.16. The molecule has 0 radical (unpaired) electrons. The van der Waals surface area contributed by atoms with Crippen LogP contribution in [0.25, 0.3) is 0 Å². The van der Waals surface area contributed by atoms with E-state index in [-0.39, 0.29) is 5.54 Å². The van der Waals surface area contributed by atoms with E-state index in [4.69, 9.17) is 4.42 Å². The molecule has 0 aliphatic carbocycles. The molecule has 1 N–H and O–H groups in total. The molecule has 1 heterocycles. The standard InChI is InChI=1S/C10H18N2OS/c1-8(7-12-10(2,3)4)14-9-11-5-6-13-9/h5-6,8,12H,7H2,1-4H3. The largest absolute Gasteiger partial charge is 0.440 e. The number of nitrogens with one attached hydrogen (secondary N) is 1. The fraction of sp³-hybridized carbons (Fsp3) is 0.700. The lowest BCUT2D eigenvalue weighted by Crippen LogP contribution is -2.39. The van der Waals surface area contributed by atoms with Crippen LogP contribution in [0.4, 0.5) is 0 Å². The third kappa shape index (κ3) is 4.67. The predicted octanol–water partition coefficient (Wildman–Crippen LogP) is 2.54. The van der Waals surface area contributed by atoms with Gasteiger partial charge < -0.3 is 9.73 Å². The Morgan fingerprint density at radius 2 is 2.29 bits per heavy atom. The first-order valence-corrected chi connectivity index (χ1v) is 5.66. The number of hydrogen-bond donors (Lipinski definition) is 1. The van der Waals surface area contributed by atoms with Gasteiger partial charge in [-0.05, 0) is 20.8 Å². The average Bonchev–Trinajstić information content (AvgIpc) is 2.52. The first-order chi connectivity index (χ1) is 6.47. The molecule has 0 aliphatic heterocycles. The molecule has 1 aromatic rings. The van der Waals surface area contributed by atoms with Crippen LogP contribution in [0.1, 0.15) is 27.7 Å². The molecule has 0 saturated carbocycles. The van der Waals surface area contributed by atoms with E-state index < -0.39 is 0 Å². The first kappa shape index (κ1) is 11.6. The van der Waals surface area contributed by atoms with Gasteiger partial charge in [-0.3, -0.25) is 0 Å². The Morgan fingerprint density at radius 1 is 1.57 bits per heavy atom. The molecule has 14 heavy (non-hydrogen) atoms. The highest BCUT2D eigenvalue weighted by Gasteiger charge is 2.13. The van der Waals surface area contributed by atoms with Gasteiger partial charge in [0.15, 0.2) is 0 Å².